The molecule has 1 atom stereocenters. The van der Waals surface area contributed by atoms with Crippen LogP contribution in [0.4, 0.5) is 5.69 Å². The fourth-order valence-electron chi connectivity index (χ4n) is 1.13. The van der Waals surface area contributed by atoms with Crippen LogP contribution in [0.2, 0.25) is 0 Å². The molecule has 1 aromatic rings. The summed E-state index contributed by atoms with van der Waals surface area (Å²) in [6.45, 7) is 6.18. The van der Waals surface area contributed by atoms with Crippen molar-refractivity contribution in [3.05, 3.63) is 23.8 Å². The van der Waals surface area contributed by atoms with Crippen LogP contribution in [-0.2, 0) is 0 Å². The molecule has 0 amide bonds. The number of rotatable bonds is 3. The van der Waals surface area contributed by atoms with Gasteiger partial charge >= 0.3 is 0 Å². The molecule has 1 unspecified atom stereocenters. The third kappa shape index (κ3) is 2.65. The van der Waals surface area contributed by atoms with E-state index in [1.54, 1.807) is 6.07 Å². The minimum atomic E-state index is 0.334. The fourth-order valence-corrected chi connectivity index (χ4v) is 1.13. The summed E-state index contributed by atoms with van der Waals surface area (Å²) in [5, 5.41) is 12.8. The van der Waals surface area contributed by atoms with Gasteiger partial charge in [-0.15, -0.1) is 0 Å². The molecule has 0 radical (unpaired) electrons. The van der Waals surface area contributed by atoms with Gasteiger partial charge in [-0.1, -0.05) is 13.0 Å². The Bertz CT molecular complexity index is 283. The van der Waals surface area contributed by atoms with Crippen molar-refractivity contribution in [2.75, 3.05) is 5.32 Å². The van der Waals surface area contributed by atoms with E-state index < -0.39 is 0 Å². The van der Waals surface area contributed by atoms with Crippen molar-refractivity contribution < 1.29 is 5.11 Å². The lowest BCUT2D eigenvalue weighted by Gasteiger charge is -2.14. The first-order valence-corrected chi connectivity index (χ1v) is 4.69. The summed E-state index contributed by atoms with van der Waals surface area (Å²) in [5.41, 5.74) is 1.90. The smallest absolute Gasteiger partial charge is 0.138 e. The lowest BCUT2D eigenvalue weighted by molar-refractivity contribution is 0.476. The number of hydrogen-bond acceptors (Lipinski definition) is 2. The molecule has 2 heteroatoms. The van der Waals surface area contributed by atoms with Crippen molar-refractivity contribution in [2.24, 2.45) is 0 Å². The average Bonchev–Trinajstić information content (AvgIpc) is 2.09. The van der Waals surface area contributed by atoms with Crippen molar-refractivity contribution in [3.8, 4) is 5.75 Å². The fraction of sp³-hybridized carbons (Fsp3) is 0.455. The van der Waals surface area contributed by atoms with Crippen molar-refractivity contribution in [1.82, 2.24) is 0 Å². The van der Waals surface area contributed by atoms with Crippen LogP contribution in [-0.4, -0.2) is 11.1 Å². The summed E-state index contributed by atoms with van der Waals surface area (Å²) in [6, 6.07) is 6.07. The van der Waals surface area contributed by atoms with Crippen molar-refractivity contribution >= 4 is 5.69 Å². The van der Waals surface area contributed by atoms with Crippen LogP contribution in [0.25, 0.3) is 0 Å². The Labute approximate surface area is 79.6 Å². The van der Waals surface area contributed by atoms with Gasteiger partial charge in [0.1, 0.15) is 5.75 Å². The number of hydrogen-bond donors (Lipinski definition) is 2. The van der Waals surface area contributed by atoms with Gasteiger partial charge in [-0.05, 0) is 38.0 Å². The molecule has 0 aromatic heterocycles. The van der Waals surface area contributed by atoms with E-state index in [2.05, 4.69) is 19.2 Å². The van der Waals surface area contributed by atoms with Gasteiger partial charge in [0.25, 0.3) is 0 Å². The normalized spacial score (nSPS) is 12.5. The highest BCUT2D eigenvalue weighted by atomic mass is 16.3. The average molecular weight is 179 g/mol. The largest absolute Gasteiger partial charge is 0.506 e. The van der Waals surface area contributed by atoms with Crippen LogP contribution in [0.1, 0.15) is 25.8 Å². The van der Waals surface area contributed by atoms with Crippen molar-refractivity contribution in [3.63, 3.8) is 0 Å². The Hall–Kier alpha value is -1.18. The third-order valence-electron chi connectivity index (χ3n) is 2.17. The van der Waals surface area contributed by atoms with E-state index in [-0.39, 0.29) is 0 Å². The molecular formula is C11H17NO. The molecule has 0 aliphatic heterocycles. The highest BCUT2D eigenvalue weighted by Crippen LogP contribution is 2.24. The minimum Gasteiger partial charge on any atom is -0.506 e. The van der Waals surface area contributed by atoms with Crippen LogP contribution in [0, 0.1) is 6.92 Å². The second-order valence-electron chi connectivity index (χ2n) is 3.47. The van der Waals surface area contributed by atoms with Gasteiger partial charge in [-0.25, -0.2) is 0 Å². The maximum Gasteiger partial charge on any atom is 0.138 e. The summed E-state index contributed by atoms with van der Waals surface area (Å²) in [4.78, 5) is 0. The summed E-state index contributed by atoms with van der Waals surface area (Å²) in [7, 11) is 0. The van der Waals surface area contributed by atoms with Gasteiger partial charge in [0, 0.05) is 6.04 Å². The van der Waals surface area contributed by atoms with Gasteiger partial charge < -0.3 is 10.4 Å². The number of nitrogens with one attached hydrogen (secondary N) is 1. The third-order valence-corrected chi connectivity index (χ3v) is 2.17. The Morgan fingerprint density at radius 3 is 2.69 bits per heavy atom. The number of phenolic OH excluding ortho intramolecular Hbond substituents is 1. The van der Waals surface area contributed by atoms with Crippen LogP contribution < -0.4 is 5.32 Å². The Balaban J connectivity index is 2.77. The molecule has 2 nitrogen and oxygen atoms in total. The van der Waals surface area contributed by atoms with Gasteiger partial charge in [0.05, 0.1) is 5.69 Å². The van der Waals surface area contributed by atoms with E-state index in [9.17, 15) is 5.11 Å². The molecule has 0 saturated heterocycles. The van der Waals surface area contributed by atoms with E-state index in [4.69, 9.17) is 0 Å². The second kappa shape index (κ2) is 4.17. The Morgan fingerprint density at radius 1 is 1.46 bits per heavy atom. The lowest BCUT2D eigenvalue weighted by atomic mass is 10.2. The molecule has 0 fully saturated rings. The maximum atomic E-state index is 9.57. The zero-order valence-corrected chi connectivity index (χ0v) is 8.46. The molecule has 0 bridgehead atoms. The first-order valence-electron chi connectivity index (χ1n) is 4.69. The molecule has 1 aromatic carbocycles. The van der Waals surface area contributed by atoms with Crippen LogP contribution in [0.3, 0.4) is 0 Å². The molecule has 2 N–H and O–H groups in total. The van der Waals surface area contributed by atoms with E-state index >= 15 is 0 Å². The predicted octanol–water partition coefficient (Wildman–Crippen LogP) is 2.91. The maximum absolute atomic E-state index is 9.57. The van der Waals surface area contributed by atoms with Gasteiger partial charge in [0.2, 0.25) is 0 Å². The van der Waals surface area contributed by atoms with E-state index in [1.165, 1.54) is 0 Å². The monoisotopic (exact) mass is 179 g/mol. The number of aromatic hydroxyl groups is 1. The molecule has 0 spiro atoms. The van der Waals surface area contributed by atoms with E-state index in [0.717, 1.165) is 17.7 Å². The zero-order valence-electron chi connectivity index (χ0n) is 8.46. The van der Waals surface area contributed by atoms with Crippen molar-refractivity contribution in [2.45, 2.75) is 33.2 Å². The number of phenols is 1. The standard InChI is InChI=1S/C11H17NO/c1-4-9(3)12-10-6-5-8(2)7-11(10)13/h5-7,9,12-13H,4H2,1-3H3. The van der Waals surface area contributed by atoms with Gasteiger partial charge in [-0.2, -0.15) is 0 Å². The zero-order chi connectivity index (χ0) is 9.84. The van der Waals surface area contributed by atoms with E-state index in [1.807, 2.05) is 19.1 Å². The predicted molar refractivity (Wildman–Crippen MR) is 56.2 cm³/mol. The summed E-state index contributed by atoms with van der Waals surface area (Å²) >= 11 is 0. The summed E-state index contributed by atoms with van der Waals surface area (Å²) in [5.74, 6) is 0.334. The highest BCUT2D eigenvalue weighted by molar-refractivity contribution is 5.57. The van der Waals surface area contributed by atoms with Gasteiger partial charge in [-0.3, -0.25) is 0 Å². The molecule has 72 valence electrons. The molecular weight excluding hydrogens is 162 g/mol. The Morgan fingerprint density at radius 2 is 2.15 bits per heavy atom. The van der Waals surface area contributed by atoms with Crippen LogP contribution >= 0.6 is 0 Å². The quantitative estimate of drug-likeness (QED) is 0.699. The first-order chi connectivity index (χ1) is 6.13. The molecule has 0 heterocycles. The minimum absolute atomic E-state index is 0.334. The second-order valence-corrected chi connectivity index (χ2v) is 3.47. The Kier molecular flexibility index (Phi) is 3.18. The first kappa shape index (κ1) is 9.90. The summed E-state index contributed by atoms with van der Waals surface area (Å²) in [6.07, 6.45) is 1.05. The van der Waals surface area contributed by atoms with E-state index in [0.29, 0.717) is 11.8 Å². The molecule has 0 saturated carbocycles. The molecule has 1 rings (SSSR count). The topological polar surface area (TPSA) is 32.3 Å². The number of benzene rings is 1. The highest BCUT2D eigenvalue weighted by Gasteiger charge is 2.03. The summed E-state index contributed by atoms with van der Waals surface area (Å²) < 4.78 is 0. The molecule has 0 aliphatic rings. The molecule has 13 heavy (non-hydrogen) atoms. The van der Waals surface area contributed by atoms with Gasteiger partial charge in [0.15, 0.2) is 0 Å². The number of aryl methyl sites for hydroxylation is 1. The molecule has 0 aliphatic carbocycles. The van der Waals surface area contributed by atoms with Crippen molar-refractivity contribution in [1.29, 1.82) is 0 Å². The lowest BCUT2D eigenvalue weighted by Crippen LogP contribution is -2.13. The SMILES string of the molecule is CCC(C)Nc1ccc(C)cc1O. The van der Waals surface area contributed by atoms with Crippen LogP contribution in [0.5, 0.6) is 5.75 Å². The number of anilines is 1. The van der Waals surface area contributed by atoms with Crippen LogP contribution in [0.15, 0.2) is 18.2 Å².